The molecule has 138 valence electrons. The van der Waals surface area contributed by atoms with E-state index in [1.54, 1.807) is 17.0 Å². The number of carbonyl (C=O) groups is 1. The lowest BCUT2D eigenvalue weighted by Crippen LogP contribution is -2.44. The number of sulfone groups is 1. The van der Waals surface area contributed by atoms with Crippen LogP contribution in [0.2, 0.25) is 5.15 Å². The first-order chi connectivity index (χ1) is 11.8. The Morgan fingerprint density at radius 3 is 2.52 bits per heavy atom. The van der Waals surface area contributed by atoms with E-state index < -0.39 is 9.84 Å². The van der Waals surface area contributed by atoms with Crippen LogP contribution in [0.25, 0.3) is 0 Å². The van der Waals surface area contributed by atoms with Gasteiger partial charge in [-0.15, -0.1) is 0 Å². The SMILES string of the molecule is CC(C)C1CCN(c2nc(Cl)ccc2C(=O)N2CCS(=O)(=O)CC2)C1. The van der Waals surface area contributed by atoms with Gasteiger partial charge in [-0.25, -0.2) is 13.4 Å². The fourth-order valence-electron chi connectivity index (χ4n) is 3.44. The zero-order valence-electron chi connectivity index (χ0n) is 14.6. The van der Waals surface area contributed by atoms with Gasteiger partial charge in [0.2, 0.25) is 0 Å². The lowest BCUT2D eigenvalue weighted by Gasteiger charge is -2.29. The zero-order chi connectivity index (χ0) is 18.2. The van der Waals surface area contributed by atoms with Crippen molar-refractivity contribution in [3.63, 3.8) is 0 Å². The number of hydrogen-bond donors (Lipinski definition) is 0. The minimum Gasteiger partial charge on any atom is -0.356 e. The van der Waals surface area contributed by atoms with Crippen LogP contribution >= 0.6 is 11.6 Å². The van der Waals surface area contributed by atoms with E-state index in [0.717, 1.165) is 19.5 Å². The third-order valence-electron chi connectivity index (χ3n) is 5.17. The molecular formula is C17H24ClN3O3S. The smallest absolute Gasteiger partial charge is 0.257 e. The van der Waals surface area contributed by atoms with E-state index in [4.69, 9.17) is 11.6 Å². The molecule has 2 aliphatic rings. The molecule has 3 heterocycles. The monoisotopic (exact) mass is 385 g/mol. The summed E-state index contributed by atoms with van der Waals surface area (Å²) in [6, 6.07) is 3.33. The highest BCUT2D eigenvalue weighted by Crippen LogP contribution is 2.31. The molecular weight excluding hydrogens is 362 g/mol. The highest BCUT2D eigenvalue weighted by molar-refractivity contribution is 7.91. The van der Waals surface area contributed by atoms with Gasteiger partial charge >= 0.3 is 0 Å². The third-order valence-corrected chi connectivity index (χ3v) is 6.99. The average molecular weight is 386 g/mol. The first kappa shape index (κ1) is 18.5. The van der Waals surface area contributed by atoms with Crippen molar-refractivity contribution in [2.24, 2.45) is 11.8 Å². The highest BCUT2D eigenvalue weighted by atomic mass is 35.5. The molecule has 0 N–H and O–H groups in total. The second-order valence-corrected chi connectivity index (χ2v) is 9.88. The predicted octanol–water partition coefficient (Wildman–Crippen LogP) is 2.09. The molecule has 0 radical (unpaired) electrons. The van der Waals surface area contributed by atoms with Crippen molar-refractivity contribution in [3.05, 3.63) is 22.8 Å². The van der Waals surface area contributed by atoms with Crippen molar-refractivity contribution in [2.75, 3.05) is 42.6 Å². The van der Waals surface area contributed by atoms with Gasteiger partial charge < -0.3 is 9.80 Å². The summed E-state index contributed by atoms with van der Waals surface area (Å²) < 4.78 is 23.2. The fourth-order valence-corrected chi connectivity index (χ4v) is 4.79. The molecule has 3 rings (SSSR count). The normalized spacial score (nSPS) is 23.3. The molecule has 1 amide bonds. The lowest BCUT2D eigenvalue weighted by molar-refractivity contribution is 0.0770. The van der Waals surface area contributed by atoms with Gasteiger partial charge in [0, 0.05) is 26.2 Å². The van der Waals surface area contributed by atoms with Crippen LogP contribution in [0.15, 0.2) is 12.1 Å². The van der Waals surface area contributed by atoms with Gasteiger partial charge in [0.25, 0.3) is 5.91 Å². The summed E-state index contributed by atoms with van der Waals surface area (Å²) >= 11 is 6.08. The third kappa shape index (κ3) is 4.08. The molecule has 1 aromatic heterocycles. The minimum absolute atomic E-state index is 0.0221. The number of amides is 1. The summed E-state index contributed by atoms with van der Waals surface area (Å²) in [5.41, 5.74) is 0.508. The maximum absolute atomic E-state index is 12.9. The molecule has 1 unspecified atom stereocenters. The number of nitrogens with zero attached hydrogens (tertiary/aromatic N) is 3. The van der Waals surface area contributed by atoms with Gasteiger partial charge in [0.1, 0.15) is 11.0 Å². The summed E-state index contributed by atoms with van der Waals surface area (Å²) in [5, 5.41) is 0.362. The van der Waals surface area contributed by atoms with Crippen LogP contribution in [0, 0.1) is 11.8 Å². The van der Waals surface area contributed by atoms with Gasteiger partial charge in [0.15, 0.2) is 9.84 Å². The van der Waals surface area contributed by atoms with Crippen LogP contribution < -0.4 is 4.90 Å². The first-order valence-electron chi connectivity index (χ1n) is 8.68. The van der Waals surface area contributed by atoms with Crippen LogP contribution in [-0.4, -0.2) is 61.9 Å². The lowest BCUT2D eigenvalue weighted by atomic mass is 9.95. The Morgan fingerprint density at radius 1 is 1.24 bits per heavy atom. The quantitative estimate of drug-likeness (QED) is 0.745. The molecule has 0 spiro atoms. The van der Waals surface area contributed by atoms with Gasteiger partial charge in [-0.3, -0.25) is 4.79 Å². The van der Waals surface area contributed by atoms with Gasteiger partial charge in [0.05, 0.1) is 17.1 Å². The largest absolute Gasteiger partial charge is 0.356 e. The molecule has 2 fully saturated rings. The van der Waals surface area contributed by atoms with Crippen molar-refractivity contribution >= 4 is 33.2 Å². The molecule has 0 saturated carbocycles. The summed E-state index contributed by atoms with van der Waals surface area (Å²) in [7, 11) is -3.02. The van der Waals surface area contributed by atoms with E-state index in [1.807, 2.05) is 0 Å². The topological polar surface area (TPSA) is 70.6 Å². The van der Waals surface area contributed by atoms with Gasteiger partial charge in [-0.1, -0.05) is 25.4 Å². The summed E-state index contributed by atoms with van der Waals surface area (Å²) in [6.45, 7) is 6.60. The van der Waals surface area contributed by atoms with Crippen molar-refractivity contribution in [1.29, 1.82) is 0 Å². The van der Waals surface area contributed by atoms with Crippen LogP contribution in [0.1, 0.15) is 30.6 Å². The van der Waals surface area contributed by atoms with Crippen molar-refractivity contribution in [1.82, 2.24) is 9.88 Å². The van der Waals surface area contributed by atoms with Gasteiger partial charge in [-0.05, 0) is 30.4 Å². The number of halogens is 1. The van der Waals surface area contributed by atoms with Crippen LogP contribution in [0.3, 0.4) is 0 Å². The first-order valence-corrected chi connectivity index (χ1v) is 10.9. The average Bonchev–Trinajstić information content (AvgIpc) is 3.04. The molecule has 0 bridgehead atoms. The maximum atomic E-state index is 12.9. The fraction of sp³-hybridized carbons (Fsp3) is 0.647. The number of hydrogen-bond acceptors (Lipinski definition) is 5. The van der Waals surface area contributed by atoms with Crippen molar-refractivity contribution in [3.8, 4) is 0 Å². The molecule has 2 saturated heterocycles. The van der Waals surface area contributed by atoms with E-state index >= 15 is 0 Å². The number of pyridine rings is 1. The number of anilines is 1. The Hall–Kier alpha value is -1.34. The molecule has 25 heavy (non-hydrogen) atoms. The summed E-state index contributed by atoms with van der Waals surface area (Å²) in [6.07, 6.45) is 1.07. The number of aromatic nitrogens is 1. The Kier molecular flexibility index (Phi) is 5.25. The molecule has 1 atom stereocenters. The van der Waals surface area contributed by atoms with Crippen molar-refractivity contribution < 1.29 is 13.2 Å². The van der Waals surface area contributed by atoms with E-state index in [-0.39, 0.29) is 30.5 Å². The Labute approximate surface area is 154 Å². The Balaban J connectivity index is 1.83. The zero-order valence-corrected chi connectivity index (χ0v) is 16.2. The van der Waals surface area contributed by atoms with Crippen LogP contribution in [0.5, 0.6) is 0 Å². The molecule has 0 aliphatic carbocycles. The molecule has 8 heteroatoms. The molecule has 2 aliphatic heterocycles. The molecule has 6 nitrogen and oxygen atoms in total. The molecule has 1 aromatic rings. The Bertz CT molecular complexity index is 752. The van der Waals surface area contributed by atoms with E-state index in [1.165, 1.54) is 0 Å². The standard InChI is InChI=1S/C17H24ClN3O3S/c1-12(2)13-5-6-21(11-13)16-14(3-4-15(18)19-16)17(22)20-7-9-25(23,24)10-8-20/h3-4,12-13H,5-11H2,1-2H3. The Morgan fingerprint density at radius 2 is 1.92 bits per heavy atom. The summed E-state index contributed by atoms with van der Waals surface area (Å²) in [4.78, 5) is 21.1. The summed E-state index contributed by atoms with van der Waals surface area (Å²) in [5.74, 6) is 1.65. The van der Waals surface area contributed by atoms with Crippen LogP contribution in [0.4, 0.5) is 5.82 Å². The highest BCUT2D eigenvalue weighted by Gasteiger charge is 2.31. The van der Waals surface area contributed by atoms with Crippen molar-refractivity contribution in [2.45, 2.75) is 20.3 Å². The molecule has 0 aromatic carbocycles. The second kappa shape index (κ2) is 7.11. The van der Waals surface area contributed by atoms with E-state index in [0.29, 0.717) is 28.4 Å². The van der Waals surface area contributed by atoms with Crippen LogP contribution in [-0.2, 0) is 9.84 Å². The maximum Gasteiger partial charge on any atom is 0.257 e. The van der Waals surface area contributed by atoms with E-state index in [9.17, 15) is 13.2 Å². The number of carbonyl (C=O) groups excluding carboxylic acids is 1. The van der Waals surface area contributed by atoms with Gasteiger partial charge in [-0.2, -0.15) is 0 Å². The van der Waals surface area contributed by atoms with E-state index in [2.05, 4.69) is 23.7 Å². The predicted molar refractivity (Wildman–Crippen MR) is 99.0 cm³/mol. The number of rotatable bonds is 3. The second-order valence-electron chi connectivity index (χ2n) is 7.19. The minimum atomic E-state index is -3.02.